The van der Waals surface area contributed by atoms with Gasteiger partial charge in [-0.15, -0.1) is 11.8 Å². The number of pyridine rings is 1. The van der Waals surface area contributed by atoms with E-state index in [1.807, 2.05) is 12.1 Å². The molecule has 0 aliphatic carbocycles. The second-order valence-electron chi connectivity index (χ2n) is 3.91. The van der Waals surface area contributed by atoms with Crippen LogP contribution in [0.15, 0.2) is 46.0 Å². The number of benzene rings is 1. The molecule has 2 aromatic rings. The molecule has 0 fully saturated rings. The average molecular weight is 356 g/mol. The monoisotopic (exact) mass is 355 g/mol. The predicted molar refractivity (Wildman–Crippen MR) is 79.2 cm³/mol. The van der Waals surface area contributed by atoms with E-state index < -0.39 is 11.8 Å². The summed E-state index contributed by atoms with van der Waals surface area (Å²) in [6, 6.07) is 8.27. The van der Waals surface area contributed by atoms with E-state index in [0.29, 0.717) is 5.75 Å². The maximum atomic E-state index is 13.7. The molecule has 3 nitrogen and oxygen atoms in total. The predicted octanol–water partition coefficient (Wildman–Crippen LogP) is 4.06. The molecule has 0 saturated heterocycles. The molecular formula is C14H11BrFNO2S. The molecule has 0 aliphatic heterocycles. The fourth-order valence-electron chi connectivity index (χ4n) is 1.53. The van der Waals surface area contributed by atoms with Crippen molar-refractivity contribution in [1.29, 1.82) is 0 Å². The largest absolute Gasteiger partial charge is 0.465 e. The fourth-order valence-corrected chi connectivity index (χ4v) is 2.55. The number of rotatable bonds is 4. The molecule has 1 heterocycles. The molecule has 1 aromatic carbocycles. The minimum atomic E-state index is -0.670. The summed E-state index contributed by atoms with van der Waals surface area (Å²) in [4.78, 5) is 15.5. The zero-order chi connectivity index (χ0) is 14.5. The number of ether oxygens (including phenoxy) is 1. The van der Waals surface area contributed by atoms with E-state index >= 15 is 0 Å². The molecule has 6 heteroatoms. The molecule has 104 valence electrons. The van der Waals surface area contributed by atoms with E-state index in [1.165, 1.54) is 31.0 Å². The summed E-state index contributed by atoms with van der Waals surface area (Å²) in [5, 5.41) is 0.852. The molecular weight excluding hydrogens is 345 g/mol. The standard InChI is InChI=1S/C14H11BrFNO2S/c1-19-14(18)11-4-2-9(6-12(11)16)8-20-13-5-3-10(15)7-17-13/h2-7H,8H2,1H3. The van der Waals surface area contributed by atoms with E-state index in [1.54, 1.807) is 12.3 Å². The molecule has 0 atom stereocenters. The summed E-state index contributed by atoms with van der Waals surface area (Å²) < 4.78 is 19.1. The van der Waals surface area contributed by atoms with Crippen LogP contribution in [0.4, 0.5) is 4.39 Å². The van der Waals surface area contributed by atoms with Crippen LogP contribution >= 0.6 is 27.7 Å². The highest BCUT2D eigenvalue weighted by Gasteiger charge is 2.12. The highest BCUT2D eigenvalue weighted by molar-refractivity contribution is 9.10. The molecule has 0 radical (unpaired) electrons. The van der Waals surface area contributed by atoms with E-state index in [-0.39, 0.29) is 5.56 Å². The van der Waals surface area contributed by atoms with Crippen molar-refractivity contribution in [2.45, 2.75) is 10.8 Å². The van der Waals surface area contributed by atoms with E-state index in [4.69, 9.17) is 0 Å². The Morgan fingerprint density at radius 2 is 2.20 bits per heavy atom. The van der Waals surface area contributed by atoms with Gasteiger partial charge in [0.05, 0.1) is 17.7 Å². The molecule has 0 N–H and O–H groups in total. The summed E-state index contributed by atoms with van der Waals surface area (Å²) in [5.74, 6) is -0.664. The molecule has 0 aliphatic rings. The summed E-state index contributed by atoms with van der Waals surface area (Å²) in [6.45, 7) is 0. The van der Waals surface area contributed by atoms with Gasteiger partial charge in [-0.3, -0.25) is 0 Å². The molecule has 1 aromatic heterocycles. The molecule has 2 rings (SSSR count). The molecule has 20 heavy (non-hydrogen) atoms. The summed E-state index contributed by atoms with van der Waals surface area (Å²) in [7, 11) is 1.23. The van der Waals surface area contributed by atoms with Gasteiger partial charge in [0.2, 0.25) is 0 Å². The van der Waals surface area contributed by atoms with Gasteiger partial charge in [-0.05, 0) is 45.8 Å². The van der Waals surface area contributed by atoms with Gasteiger partial charge in [0, 0.05) is 16.4 Å². The number of esters is 1. The molecule has 0 amide bonds. The van der Waals surface area contributed by atoms with Crippen LogP contribution in [-0.4, -0.2) is 18.1 Å². The Labute approximate surface area is 128 Å². The minimum Gasteiger partial charge on any atom is -0.465 e. The number of nitrogens with zero attached hydrogens (tertiary/aromatic N) is 1. The highest BCUT2D eigenvalue weighted by atomic mass is 79.9. The SMILES string of the molecule is COC(=O)c1ccc(CSc2ccc(Br)cn2)cc1F. The summed E-state index contributed by atoms with van der Waals surface area (Å²) in [6.07, 6.45) is 1.71. The maximum Gasteiger partial charge on any atom is 0.340 e. The molecule has 0 bridgehead atoms. The number of methoxy groups -OCH3 is 1. The number of carbonyl (C=O) groups excluding carboxylic acids is 1. The van der Waals surface area contributed by atoms with Gasteiger partial charge in [0.1, 0.15) is 5.82 Å². The Morgan fingerprint density at radius 3 is 2.80 bits per heavy atom. The minimum absolute atomic E-state index is 0.0528. The van der Waals surface area contributed by atoms with Crippen molar-refractivity contribution in [2.75, 3.05) is 7.11 Å². The Hall–Kier alpha value is -1.40. The Balaban J connectivity index is 2.05. The number of thioether (sulfide) groups is 1. The van der Waals surface area contributed by atoms with Crippen molar-refractivity contribution < 1.29 is 13.9 Å². The van der Waals surface area contributed by atoms with Gasteiger partial charge in [-0.1, -0.05) is 6.07 Å². The van der Waals surface area contributed by atoms with Gasteiger partial charge in [0.15, 0.2) is 0 Å². The fraction of sp³-hybridized carbons (Fsp3) is 0.143. The third-order valence-corrected chi connectivity index (χ3v) is 4.01. The van der Waals surface area contributed by atoms with Crippen LogP contribution in [0, 0.1) is 5.82 Å². The molecule has 0 unspecified atom stereocenters. The van der Waals surface area contributed by atoms with Crippen LogP contribution in [0.2, 0.25) is 0 Å². The van der Waals surface area contributed by atoms with Gasteiger partial charge >= 0.3 is 5.97 Å². The van der Waals surface area contributed by atoms with Gasteiger partial charge in [-0.25, -0.2) is 14.2 Å². The van der Waals surface area contributed by atoms with Gasteiger partial charge in [-0.2, -0.15) is 0 Å². The van der Waals surface area contributed by atoms with Crippen LogP contribution in [0.3, 0.4) is 0 Å². The molecule has 0 spiro atoms. The van der Waals surface area contributed by atoms with Crippen molar-refractivity contribution in [2.24, 2.45) is 0 Å². The van der Waals surface area contributed by atoms with Crippen LogP contribution in [0.5, 0.6) is 0 Å². The first-order chi connectivity index (χ1) is 9.60. The van der Waals surface area contributed by atoms with Crippen LogP contribution in [0.25, 0.3) is 0 Å². The third-order valence-electron chi connectivity index (χ3n) is 2.53. The normalized spacial score (nSPS) is 10.3. The number of carbonyl (C=O) groups is 1. The van der Waals surface area contributed by atoms with Crippen molar-refractivity contribution in [3.8, 4) is 0 Å². The first-order valence-electron chi connectivity index (χ1n) is 5.71. The highest BCUT2D eigenvalue weighted by Crippen LogP contribution is 2.23. The van der Waals surface area contributed by atoms with Crippen LogP contribution in [0.1, 0.15) is 15.9 Å². The van der Waals surface area contributed by atoms with Crippen LogP contribution in [-0.2, 0) is 10.5 Å². The average Bonchev–Trinajstić information content (AvgIpc) is 2.46. The number of hydrogen-bond acceptors (Lipinski definition) is 4. The lowest BCUT2D eigenvalue weighted by Crippen LogP contribution is -2.04. The third kappa shape index (κ3) is 3.80. The lowest BCUT2D eigenvalue weighted by Gasteiger charge is -2.05. The smallest absolute Gasteiger partial charge is 0.340 e. The first-order valence-corrected chi connectivity index (χ1v) is 7.49. The number of aromatic nitrogens is 1. The number of hydrogen-bond donors (Lipinski definition) is 0. The summed E-state index contributed by atoms with van der Waals surface area (Å²) in [5.41, 5.74) is 0.730. The zero-order valence-electron chi connectivity index (χ0n) is 10.6. The van der Waals surface area contributed by atoms with Crippen molar-refractivity contribution in [3.63, 3.8) is 0 Å². The second kappa shape index (κ2) is 6.85. The topological polar surface area (TPSA) is 39.2 Å². The van der Waals surface area contributed by atoms with E-state index in [0.717, 1.165) is 15.1 Å². The van der Waals surface area contributed by atoms with Gasteiger partial charge in [0.25, 0.3) is 0 Å². The quantitative estimate of drug-likeness (QED) is 0.612. The number of halogens is 2. The lowest BCUT2D eigenvalue weighted by atomic mass is 10.1. The first kappa shape index (κ1) is 15.0. The van der Waals surface area contributed by atoms with E-state index in [9.17, 15) is 9.18 Å². The maximum absolute atomic E-state index is 13.7. The van der Waals surface area contributed by atoms with Crippen LogP contribution < -0.4 is 0 Å². The van der Waals surface area contributed by atoms with E-state index in [2.05, 4.69) is 25.7 Å². The zero-order valence-corrected chi connectivity index (χ0v) is 13.0. The Bertz CT molecular complexity index is 619. The van der Waals surface area contributed by atoms with Gasteiger partial charge < -0.3 is 4.74 Å². The van der Waals surface area contributed by atoms with Crippen molar-refractivity contribution in [3.05, 3.63) is 57.9 Å². The molecule has 0 saturated carbocycles. The van der Waals surface area contributed by atoms with Crippen molar-refractivity contribution in [1.82, 2.24) is 4.98 Å². The second-order valence-corrected chi connectivity index (χ2v) is 5.82. The lowest BCUT2D eigenvalue weighted by molar-refractivity contribution is 0.0595. The Kier molecular flexibility index (Phi) is 5.14. The van der Waals surface area contributed by atoms with Crippen molar-refractivity contribution >= 4 is 33.7 Å². The summed E-state index contributed by atoms with van der Waals surface area (Å²) >= 11 is 4.81. The Morgan fingerprint density at radius 1 is 1.40 bits per heavy atom.